The van der Waals surface area contributed by atoms with Crippen LogP contribution in [0.1, 0.15) is 51.0 Å². The number of para-hydroxylation sites is 1. The van der Waals surface area contributed by atoms with Gasteiger partial charge in [0, 0.05) is 0 Å². The molecule has 1 N–H and O–H groups in total. The van der Waals surface area contributed by atoms with Crippen LogP contribution < -0.4 is 0 Å². The van der Waals surface area contributed by atoms with E-state index in [1.54, 1.807) is 6.07 Å². The molecule has 0 atom stereocenters. The normalized spacial score (nSPS) is 21.5. The molecule has 0 aliphatic heterocycles. The molecule has 0 spiro atoms. The molecule has 15 heavy (non-hydrogen) atoms. The Morgan fingerprint density at radius 1 is 1.13 bits per heavy atom. The van der Waals surface area contributed by atoms with Crippen LogP contribution in [-0.4, -0.2) is 5.11 Å². The average Bonchev–Trinajstić information content (AvgIpc) is 2.19. The van der Waals surface area contributed by atoms with Crippen molar-refractivity contribution in [3.8, 4) is 5.75 Å². The lowest BCUT2D eigenvalue weighted by Crippen LogP contribution is -2.20. The average molecular weight is 204 g/mol. The maximum Gasteiger partial charge on any atom is 0.119 e. The fourth-order valence-corrected chi connectivity index (χ4v) is 2.54. The van der Waals surface area contributed by atoms with Crippen LogP contribution in [0, 0.1) is 5.41 Å². The van der Waals surface area contributed by atoms with E-state index in [0.717, 1.165) is 5.56 Å². The Kier molecular flexibility index (Phi) is 2.72. The van der Waals surface area contributed by atoms with E-state index in [1.807, 2.05) is 12.1 Å². The van der Waals surface area contributed by atoms with Gasteiger partial charge in [-0.2, -0.15) is 0 Å². The summed E-state index contributed by atoms with van der Waals surface area (Å²) in [5.74, 6) is 1.04. The van der Waals surface area contributed by atoms with Gasteiger partial charge in [0.1, 0.15) is 5.75 Å². The predicted molar refractivity (Wildman–Crippen MR) is 63.1 cm³/mol. The summed E-state index contributed by atoms with van der Waals surface area (Å²) in [6.07, 6.45) is 4.97. The Labute approximate surface area is 92.1 Å². The Bertz CT molecular complexity index is 331. The molecule has 0 heterocycles. The van der Waals surface area contributed by atoms with Gasteiger partial charge in [0.15, 0.2) is 0 Å². The molecule has 1 saturated carbocycles. The topological polar surface area (TPSA) is 20.2 Å². The van der Waals surface area contributed by atoms with Gasteiger partial charge < -0.3 is 5.11 Å². The lowest BCUT2D eigenvalue weighted by atomic mass is 9.71. The quantitative estimate of drug-likeness (QED) is 0.731. The van der Waals surface area contributed by atoms with Gasteiger partial charge in [-0.05, 0) is 48.6 Å². The molecule has 0 amide bonds. The van der Waals surface area contributed by atoms with Crippen molar-refractivity contribution in [2.75, 3.05) is 0 Å². The first-order chi connectivity index (χ1) is 7.08. The van der Waals surface area contributed by atoms with Gasteiger partial charge in [-0.1, -0.05) is 32.0 Å². The zero-order chi connectivity index (χ0) is 10.9. The minimum atomic E-state index is 0.474. The molecule has 1 aromatic carbocycles. The SMILES string of the molecule is CC1(C)CCC(c2ccccc2O)CC1. The van der Waals surface area contributed by atoms with E-state index in [1.165, 1.54) is 25.7 Å². The van der Waals surface area contributed by atoms with E-state index in [0.29, 0.717) is 17.1 Å². The monoisotopic (exact) mass is 204 g/mol. The summed E-state index contributed by atoms with van der Waals surface area (Å²) in [6, 6.07) is 7.79. The molecule has 0 aromatic heterocycles. The van der Waals surface area contributed by atoms with Crippen molar-refractivity contribution < 1.29 is 5.11 Å². The summed E-state index contributed by atoms with van der Waals surface area (Å²) in [5, 5.41) is 9.79. The molecule has 1 aliphatic carbocycles. The van der Waals surface area contributed by atoms with Gasteiger partial charge in [0.25, 0.3) is 0 Å². The number of benzene rings is 1. The lowest BCUT2D eigenvalue weighted by Gasteiger charge is -2.34. The molecular formula is C14H20O. The first-order valence-corrected chi connectivity index (χ1v) is 5.86. The summed E-state index contributed by atoms with van der Waals surface area (Å²) < 4.78 is 0. The summed E-state index contributed by atoms with van der Waals surface area (Å²) >= 11 is 0. The highest BCUT2D eigenvalue weighted by Gasteiger charge is 2.28. The Morgan fingerprint density at radius 3 is 2.33 bits per heavy atom. The lowest BCUT2D eigenvalue weighted by molar-refractivity contribution is 0.222. The fraction of sp³-hybridized carbons (Fsp3) is 0.571. The van der Waals surface area contributed by atoms with E-state index in [2.05, 4.69) is 19.9 Å². The first-order valence-electron chi connectivity index (χ1n) is 5.86. The van der Waals surface area contributed by atoms with Gasteiger partial charge >= 0.3 is 0 Å². The highest BCUT2D eigenvalue weighted by molar-refractivity contribution is 5.35. The summed E-state index contributed by atoms with van der Waals surface area (Å²) in [5.41, 5.74) is 1.65. The third kappa shape index (κ3) is 2.34. The van der Waals surface area contributed by atoms with E-state index in [4.69, 9.17) is 0 Å². The van der Waals surface area contributed by atoms with Crippen LogP contribution in [0.3, 0.4) is 0 Å². The molecule has 1 fully saturated rings. The van der Waals surface area contributed by atoms with Crippen LogP contribution in [0.2, 0.25) is 0 Å². The number of rotatable bonds is 1. The van der Waals surface area contributed by atoms with Crippen molar-refractivity contribution in [3.05, 3.63) is 29.8 Å². The van der Waals surface area contributed by atoms with Crippen molar-refractivity contribution in [1.29, 1.82) is 0 Å². The van der Waals surface area contributed by atoms with Gasteiger partial charge in [-0.15, -0.1) is 0 Å². The second-order valence-corrected chi connectivity index (χ2v) is 5.50. The smallest absolute Gasteiger partial charge is 0.119 e. The van der Waals surface area contributed by atoms with Crippen LogP contribution in [0.15, 0.2) is 24.3 Å². The molecule has 1 aliphatic rings. The second-order valence-electron chi connectivity index (χ2n) is 5.50. The minimum absolute atomic E-state index is 0.474. The fourth-order valence-electron chi connectivity index (χ4n) is 2.54. The third-order valence-electron chi connectivity index (χ3n) is 3.72. The van der Waals surface area contributed by atoms with Crippen molar-refractivity contribution in [2.24, 2.45) is 5.41 Å². The molecule has 0 unspecified atom stereocenters. The number of hydrogen-bond donors (Lipinski definition) is 1. The molecule has 1 nitrogen and oxygen atoms in total. The zero-order valence-electron chi connectivity index (χ0n) is 9.66. The van der Waals surface area contributed by atoms with Crippen molar-refractivity contribution in [1.82, 2.24) is 0 Å². The van der Waals surface area contributed by atoms with Gasteiger partial charge in [0.2, 0.25) is 0 Å². The van der Waals surface area contributed by atoms with Crippen molar-refractivity contribution in [2.45, 2.75) is 45.4 Å². The second kappa shape index (κ2) is 3.88. The van der Waals surface area contributed by atoms with E-state index < -0.39 is 0 Å². The summed E-state index contributed by atoms with van der Waals surface area (Å²) in [7, 11) is 0. The van der Waals surface area contributed by atoms with E-state index in [9.17, 15) is 5.11 Å². The van der Waals surface area contributed by atoms with Crippen LogP contribution >= 0.6 is 0 Å². The molecule has 0 bridgehead atoms. The molecule has 82 valence electrons. The maximum atomic E-state index is 9.79. The van der Waals surface area contributed by atoms with Crippen molar-refractivity contribution in [3.63, 3.8) is 0 Å². The zero-order valence-corrected chi connectivity index (χ0v) is 9.66. The number of hydrogen-bond acceptors (Lipinski definition) is 1. The van der Waals surface area contributed by atoms with E-state index >= 15 is 0 Å². The number of aromatic hydroxyl groups is 1. The predicted octanol–water partition coefficient (Wildman–Crippen LogP) is 4.08. The summed E-state index contributed by atoms with van der Waals surface area (Å²) in [6.45, 7) is 4.68. The Hall–Kier alpha value is -0.980. The Morgan fingerprint density at radius 2 is 1.73 bits per heavy atom. The first kappa shape index (κ1) is 10.5. The third-order valence-corrected chi connectivity index (χ3v) is 3.72. The minimum Gasteiger partial charge on any atom is -0.508 e. The van der Waals surface area contributed by atoms with Crippen molar-refractivity contribution >= 4 is 0 Å². The number of phenols is 1. The van der Waals surface area contributed by atoms with Crippen LogP contribution in [-0.2, 0) is 0 Å². The molecule has 2 rings (SSSR count). The van der Waals surface area contributed by atoms with Gasteiger partial charge in [0.05, 0.1) is 0 Å². The Balaban J connectivity index is 2.11. The molecule has 0 radical (unpaired) electrons. The van der Waals surface area contributed by atoms with Crippen LogP contribution in [0.25, 0.3) is 0 Å². The van der Waals surface area contributed by atoms with Crippen LogP contribution in [0.5, 0.6) is 5.75 Å². The molecule has 1 heteroatoms. The van der Waals surface area contributed by atoms with Crippen LogP contribution in [0.4, 0.5) is 0 Å². The largest absolute Gasteiger partial charge is 0.508 e. The molecule has 0 saturated heterocycles. The van der Waals surface area contributed by atoms with Gasteiger partial charge in [-0.25, -0.2) is 0 Å². The highest BCUT2D eigenvalue weighted by Crippen LogP contribution is 2.44. The molecule has 1 aromatic rings. The van der Waals surface area contributed by atoms with Gasteiger partial charge in [-0.3, -0.25) is 0 Å². The number of phenolic OH excluding ortho intramolecular Hbond substituents is 1. The standard InChI is InChI=1S/C14H20O/c1-14(2)9-7-11(8-10-14)12-5-3-4-6-13(12)15/h3-6,11,15H,7-10H2,1-2H3. The maximum absolute atomic E-state index is 9.79. The van der Waals surface area contributed by atoms with E-state index in [-0.39, 0.29) is 0 Å². The molecular weight excluding hydrogens is 184 g/mol. The summed E-state index contributed by atoms with van der Waals surface area (Å²) in [4.78, 5) is 0. The highest BCUT2D eigenvalue weighted by atomic mass is 16.3.